The predicted molar refractivity (Wildman–Crippen MR) is 296 cm³/mol. The smallest absolute Gasteiger partial charge is 0.317 e. The normalized spacial score (nSPS) is 21.8. The molecule has 4 aliphatic heterocycles. The van der Waals surface area contributed by atoms with E-state index in [1.54, 1.807) is 27.7 Å². The van der Waals surface area contributed by atoms with E-state index in [4.69, 9.17) is 20.4 Å². The number of rotatable bonds is 15. The van der Waals surface area contributed by atoms with Crippen LogP contribution in [0, 0.1) is 0 Å². The number of carboxylic acid groups (broad SMARTS) is 4. The lowest BCUT2D eigenvalue weighted by atomic mass is 9.79. The molecule has 0 aromatic carbocycles. The number of nitrogens with zero attached hydrogens (tertiary/aromatic N) is 2. The van der Waals surface area contributed by atoms with E-state index in [0.717, 1.165) is 61.2 Å². The molecular formula is C54H104N10O12. The van der Waals surface area contributed by atoms with E-state index in [2.05, 4.69) is 153 Å². The molecule has 0 saturated carbocycles. The lowest BCUT2D eigenvalue weighted by Crippen LogP contribution is -2.62. The quantitative estimate of drug-likeness (QED) is 0.111. The first-order chi connectivity index (χ1) is 34.0. The van der Waals surface area contributed by atoms with Crippen LogP contribution in [-0.4, -0.2) is 185 Å². The van der Waals surface area contributed by atoms with E-state index in [-0.39, 0.29) is 81.0 Å². The van der Waals surface area contributed by atoms with E-state index in [0.29, 0.717) is 24.2 Å². The van der Waals surface area contributed by atoms with Crippen molar-refractivity contribution in [1.82, 2.24) is 52.3 Å². The van der Waals surface area contributed by atoms with Crippen LogP contribution in [0.4, 0.5) is 0 Å². The van der Waals surface area contributed by atoms with Gasteiger partial charge < -0.3 is 63.0 Å². The Labute approximate surface area is 454 Å². The first-order valence-electron chi connectivity index (χ1n) is 26.6. The summed E-state index contributed by atoms with van der Waals surface area (Å²) in [7, 11) is 0. The Kier molecular flexibility index (Phi) is 27.7. The van der Waals surface area contributed by atoms with E-state index < -0.39 is 50.1 Å². The zero-order valence-electron chi connectivity index (χ0n) is 50.2. The van der Waals surface area contributed by atoms with Gasteiger partial charge >= 0.3 is 23.9 Å². The number of carbonyl (C=O) groups excluding carboxylic acids is 4. The van der Waals surface area contributed by atoms with E-state index in [1.165, 1.54) is 0 Å². The molecule has 0 aromatic rings. The molecule has 442 valence electrons. The number of piperidine rings is 4. The van der Waals surface area contributed by atoms with Crippen molar-refractivity contribution >= 4 is 47.5 Å². The summed E-state index contributed by atoms with van der Waals surface area (Å²) in [6.45, 7) is 39.0. The Morgan fingerprint density at radius 3 is 0.566 bits per heavy atom. The van der Waals surface area contributed by atoms with E-state index in [1.807, 2.05) is 0 Å². The maximum atomic E-state index is 11.0. The molecule has 4 saturated heterocycles. The fourth-order valence-corrected chi connectivity index (χ4v) is 12.3. The molecule has 4 amide bonds. The van der Waals surface area contributed by atoms with Crippen LogP contribution >= 0.6 is 0 Å². The molecule has 0 unspecified atom stereocenters. The van der Waals surface area contributed by atoms with Gasteiger partial charge in [0.05, 0.1) is 26.2 Å². The van der Waals surface area contributed by atoms with Gasteiger partial charge in [-0.25, -0.2) is 0 Å². The number of aliphatic carboxylic acids is 4. The summed E-state index contributed by atoms with van der Waals surface area (Å²) in [5.74, 6) is -4.62. The SMILES string of the molecule is CC(=O)NC1CC(C)(C)NC(C)(C)C1.CC(=O)NC1CC(C)(C)NC(C)(C)C1.CC(=O)NC1CC(C)(C)NC(C)(C)C1.CC(=O)NC1CC(C)(C)NC(C)(C)C1.O=C(O)CN(CCN(CC(=O)O)CC(=O)O)CC(=O)O. The highest BCUT2D eigenvalue weighted by atomic mass is 16.4. The monoisotopic (exact) mass is 1080 g/mol. The minimum atomic E-state index is -1.23. The van der Waals surface area contributed by atoms with Crippen molar-refractivity contribution in [3.05, 3.63) is 0 Å². The summed E-state index contributed by atoms with van der Waals surface area (Å²) in [5, 5.41) is 60.9. The van der Waals surface area contributed by atoms with Crippen molar-refractivity contribution in [2.45, 2.75) is 258 Å². The summed E-state index contributed by atoms with van der Waals surface area (Å²) >= 11 is 0. The topological polar surface area (TPSA) is 320 Å². The summed E-state index contributed by atoms with van der Waals surface area (Å²) in [6.07, 6.45) is 7.97. The first-order valence-corrected chi connectivity index (χ1v) is 26.6. The van der Waals surface area contributed by atoms with Gasteiger partial charge in [-0.2, -0.15) is 0 Å². The maximum Gasteiger partial charge on any atom is 0.317 e. The van der Waals surface area contributed by atoms with Gasteiger partial charge in [-0.15, -0.1) is 0 Å². The van der Waals surface area contributed by atoms with Gasteiger partial charge in [0.1, 0.15) is 0 Å². The number of hydrogen-bond acceptors (Lipinski definition) is 14. The molecule has 22 heteroatoms. The van der Waals surface area contributed by atoms with Gasteiger partial charge in [-0.1, -0.05) is 0 Å². The molecule has 4 fully saturated rings. The Hall–Kier alpha value is -4.48. The summed E-state index contributed by atoms with van der Waals surface area (Å²) in [6, 6.07) is 1.22. The molecule has 0 bridgehead atoms. The van der Waals surface area contributed by atoms with Gasteiger partial charge in [0.15, 0.2) is 0 Å². The fourth-order valence-electron chi connectivity index (χ4n) is 12.3. The number of hydrogen-bond donors (Lipinski definition) is 12. The number of amides is 4. The Bertz CT molecular complexity index is 1620. The van der Waals surface area contributed by atoms with Crippen LogP contribution in [0.25, 0.3) is 0 Å². The highest BCUT2D eigenvalue weighted by Gasteiger charge is 2.41. The minimum Gasteiger partial charge on any atom is -0.480 e. The molecule has 0 aliphatic carbocycles. The average molecular weight is 1090 g/mol. The summed E-state index contributed by atoms with van der Waals surface area (Å²) in [5.41, 5.74) is 0.848. The molecule has 76 heavy (non-hydrogen) atoms. The van der Waals surface area contributed by atoms with Gasteiger partial charge in [0.2, 0.25) is 23.6 Å². The second kappa shape index (κ2) is 29.5. The molecule has 12 N–H and O–H groups in total. The number of carboxylic acids is 4. The van der Waals surface area contributed by atoms with E-state index in [9.17, 15) is 38.4 Å². The average Bonchev–Trinajstić information content (AvgIpc) is 3.07. The van der Waals surface area contributed by atoms with Crippen molar-refractivity contribution in [3.63, 3.8) is 0 Å². The van der Waals surface area contributed by atoms with Crippen molar-refractivity contribution < 1.29 is 58.8 Å². The van der Waals surface area contributed by atoms with Gasteiger partial charge in [0, 0.05) is 109 Å². The molecule has 0 atom stereocenters. The third-order valence-electron chi connectivity index (χ3n) is 12.6. The van der Waals surface area contributed by atoms with Crippen LogP contribution in [0.3, 0.4) is 0 Å². The number of nitrogens with one attached hydrogen (secondary N) is 8. The van der Waals surface area contributed by atoms with E-state index >= 15 is 0 Å². The zero-order valence-corrected chi connectivity index (χ0v) is 50.2. The first kappa shape index (κ1) is 71.5. The molecular weight excluding hydrogens is 981 g/mol. The fraction of sp³-hybridized carbons (Fsp3) is 0.852. The van der Waals surface area contributed by atoms with Crippen molar-refractivity contribution in [2.24, 2.45) is 0 Å². The molecule has 4 rings (SSSR count). The molecule has 4 heterocycles. The third-order valence-corrected chi connectivity index (χ3v) is 12.6. The van der Waals surface area contributed by atoms with Crippen molar-refractivity contribution in [3.8, 4) is 0 Å². The van der Waals surface area contributed by atoms with Gasteiger partial charge in [-0.3, -0.25) is 48.2 Å². The standard InChI is InChI=1S/4C11H22N2O.C10H16N2O8/c4*1-8(14)12-9-6-10(2,3)13-11(4,5)7-9;13-7(14)3-11(4-8(15)16)1-2-12(5-9(17)18)6-10(19)20/h4*9,13H,6-7H2,1-5H3,(H,12,14);1-6H2,(H,13,14)(H,15,16)(H,17,18)(H,19,20). The summed E-state index contributed by atoms with van der Waals surface area (Å²) < 4.78 is 0. The van der Waals surface area contributed by atoms with Crippen LogP contribution in [0.2, 0.25) is 0 Å². The highest BCUT2D eigenvalue weighted by Crippen LogP contribution is 2.31. The zero-order chi connectivity index (χ0) is 59.6. The molecule has 4 aliphatic rings. The largest absolute Gasteiger partial charge is 0.480 e. The highest BCUT2D eigenvalue weighted by molar-refractivity contribution is 5.75. The molecule has 22 nitrogen and oxygen atoms in total. The lowest BCUT2D eigenvalue weighted by Gasteiger charge is -2.46. The molecule has 0 radical (unpaired) electrons. The second-order valence-corrected chi connectivity index (χ2v) is 26.8. The van der Waals surface area contributed by atoms with Gasteiger partial charge in [0.25, 0.3) is 0 Å². The Balaban J connectivity index is 0.000000932. The lowest BCUT2D eigenvalue weighted by molar-refractivity contribution is -0.145. The second-order valence-electron chi connectivity index (χ2n) is 26.8. The molecule has 0 spiro atoms. The van der Waals surface area contributed by atoms with Crippen LogP contribution in [-0.2, 0) is 38.4 Å². The third kappa shape index (κ3) is 35.0. The maximum absolute atomic E-state index is 11.0. The minimum absolute atomic E-state index is 0.0703. The van der Waals surface area contributed by atoms with Crippen LogP contribution in [0.1, 0.15) is 190 Å². The van der Waals surface area contributed by atoms with Crippen LogP contribution in [0.15, 0.2) is 0 Å². The van der Waals surface area contributed by atoms with Crippen LogP contribution < -0.4 is 42.5 Å². The van der Waals surface area contributed by atoms with Crippen molar-refractivity contribution in [1.29, 1.82) is 0 Å². The van der Waals surface area contributed by atoms with Crippen LogP contribution in [0.5, 0.6) is 0 Å². The summed E-state index contributed by atoms with van der Waals surface area (Å²) in [4.78, 5) is 88.4. The number of carbonyl (C=O) groups is 8. The molecule has 0 aromatic heterocycles. The van der Waals surface area contributed by atoms with Gasteiger partial charge in [-0.05, 0) is 162 Å². The Morgan fingerprint density at radius 1 is 0.329 bits per heavy atom. The predicted octanol–water partition coefficient (Wildman–Crippen LogP) is 3.66. The Morgan fingerprint density at radius 2 is 0.461 bits per heavy atom. The van der Waals surface area contributed by atoms with Crippen molar-refractivity contribution in [2.75, 3.05) is 39.3 Å².